The monoisotopic (exact) mass is 462 g/mol. The van der Waals surface area contributed by atoms with Crippen LogP contribution in [0.3, 0.4) is 0 Å². The Labute approximate surface area is 193 Å². The number of aliphatic hydroxyl groups is 1. The SMILES string of the molecule is CC(C)C(NC(=O)C(N)Cc1ccccc1)C(=O)NC(C(=O)N1CCCC1C(=O)O)C(C)O. The van der Waals surface area contributed by atoms with Gasteiger partial charge < -0.3 is 31.5 Å². The van der Waals surface area contributed by atoms with Crippen molar-refractivity contribution in [3.63, 3.8) is 0 Å². The van der Waals surface area contributed by atoms with E-state index in [1.165, 1.54) is 11.8 Å². The lowest BCUT2D eigenvalue weighted by Crippen LogP contribution is -2.61. The van der Waals surface area contributed by atoms with E-state index in [9.17, 15) is 29.4 Å². The number of nitrogens with one attached hydrogen (secondary N) is 2. The van der Waals surface area contributed by atoms with Crippen molar-refractivity contribution in [3.8, 4) is 0 Å². The summed E-state index contributed by atoms with van der Waals surface area (Å²) in [5.74, 6) is -3.30. The van der Waals surface area contributed by atoms with Crippen LogP contribution in [0.4, 0.5) is 0 Å². The molecule has 0 bridgehead atoms. The van der Waals surface area contributed by atoms with Crippen molar-refractivity contribution >= 4 is 23.7 Å². The highest BCUT2D eigenvalue weighted by Gasteiger charge is 2.40. The number of nitrogens with zero attached hydrogens (tertiary/aromatic N) is 1. The van der Waals surface area contributed by atoms with E-state index < -0.39 is 54.0 Å². The van der Waals surface area contributed by atoms with Gasteiger partial charge in [0.2, 0.25) is 17.7 Å². The number of hydrogen-bond donors (Lipinski definition) is 5. The molecule has 3 amide bonds. The molecule has 1 aromatic rings. The van der Waals surface area contributed by atoms with E-state index >= 15 is 0 Å². The summed E-state index contributed by atoms with van der Waals surface area (Å²) < 4.78 is 0. The molecule has 5 unspecified atom stereocenters. The molecule has 1 aromatic carbocycles. The van der Waals surface area contributed by atoms with E-state index in [4.69, 9.17) is 5.73 Å². The normalized spacial score (nSPS) is 19.5. The molecule has 1 fully saturated rings. The molecule has 6 N–H and O–H groups in total. The first-order valence-corrected chi connectivity index (χ1v) is 11.1. The summed E-state index contributed by atoms with van der Waals surface area (Å²) in [6.07, 6.45) is -0.140. The largest absolute Gasteiger partial charge is 0.480 e. The second-order valence-corrected chi connectivity index (χ2v) is 8.78. The number of hydrogen-bond acceptors (Lipinski definition) is 6. The molecule has 33 heavy (non-hydrogen) atoms. The molecule has 0 radical (unpaired) electrons. The predicted molar refractivity (Wildman–Crippen MR) is 121 cm³/mol. The molecular weight excluding hydrogens is 428 g/mol. The van der Waals surface area contributed by atoms with Gasteiger partial charge in [-0.25, -0.2) is 4.79 Å². The van der Waals surface area contributed by atoms with Crippen molar-refractivity contribution in [1.82, 2.24) is 15.5 Å². The minimum absolute atomic E-state index is 0.230. The summed E-state index contributed by atoms with van der Waals surface area (Å²) in [7, 11) is 0. The number of benzene rings is 1. The standard InChI is InChI=1S/C23H34N4O6/c1-13(2)18(25-20(29)16(24)12-15-8-5-4-6-9-15)21(30)26-19(14(3)28)22(31)27-11-7-10-17(27)23(32)33/h4-6,8-9,13-14,16-19,28H,7,10-12,24H2,1-3H3,(H,25,29)(H,26,30)(H,32,33). The number of carbonyl (C=O) groups is 4. The number of carbonyl (C=O) groups excluding carboxylic acids is 3. The van der Waals surface area contributed by atoms with E-state index in [1.54, 1.807) is 13.8 Å². The highest BCUT2D eigenvalue weighted by molar-refractivity contribution is 5.94. The summed E-state index contributed by atoms with van der Waals surface area (Å²) >= 11 is 0. The maximum atomic E-state index is 13.0. The summed E-state index contributed by atoms with van der Waals surface area (Å²) in [6.45, 7) is 5.03. The van der Waals surface area contributed by atoms with Gasteiger partial charge in [0.15, 0.2) is 0 Å². The molecule has 1 saturated heterocycles. The van der Waals surface area contributed by atoms with Gasteiger partial charge in [0.05, 0.1) is 12.1 Å². The van der Waals surface area contributed by atoms with E-state index in [1.807, 2.05) is 30.3 Å². The van der Waals surface area contributed by atoms with Crippen LogP contribution in [0.1, 0.15) is 39.2 Å². The molecule has 182 valence electrons. The van der Waals surface area contributed by atoms with Crippen LogP contribution < -0.4 is 16.4 Å². The zero-order chi connectivity index (χ0) is 24.7. The minimum Gasteiger partial charge on any atom is -0.480 e. The summed E-state index contributed by atoms with van der Waals surface area (Å²) in [5.41, 5.74) is 6.90. The second-order valence-electron chi connectivity index (χ2n) is 8.78. The highest BCUT2D eigenvalue weighted by Crippen LogP contribution is 2.19. The van der Waals surface area contributed by atoms with Crippen LogP contribution in [0.5, 0.6) is 0 Å². The van der Waals surface area contributed by atoms with Gasteiger partial charge in [0.1, 0.15) is 18.1 Å². The number of amides is 3. The average molecular weight is 463 g/mol. The van der Waals surface area contributed by atoms with Crippen molar-refractivity contribution < 1.29 is 29.4 Å². The van der Waals surface area contributed by atoms with Crippen LogP contribution in [0, 0.1) is 5.92 Å². The van der Waals surface area contributed by atoms with Crippen molar-refractivity contribution in [2.45, 2.75) is 70.3 Å². The average Bonchev–Trinajstić information content (AvgIpc) is 3.25. The lowest BCUT2D eigenvalue weighted by molar-refractivity contribution is -0.150. The molecular formula is C23H34N4O6. The molecule has 10 heteroatoms. The first-order chi connectivity index (χ1) is 15.5. The molecule has 0 aliphatic carbocycles. The smallest absolute Gasteiger partial charge is 0.326 e. The van der Waals surface area contributed by atoms with Gasteiger partial charge in [-0.15, -0.1) is 0 Å². The Bertz CT molecular complexity index is 845. The first kappa shape index (κ1) is 26.3. The molecule has 2 rings (SSSR count). The Balaban J connectivity index is 2.07. The van der Waals surface area contributed by atoms with Gasteiger partial charge in [0, 0.05) is 6.54 Å². The van der Waals surface area contributed by atoms with Crippen LogP contribution in [-0.2, 0) is 25.6 Å². The van der Waals surface area contributed by atoms with Crippen LogP contribution >= 0.6 is 0 Å². The number of likely N-dealkylation sites (tertiary alicyclic amines) is 1. The topological polar surface area (TPSA) is 162 Å². The fourth-order valence-electron chi connectivity index (χ4n) is 3.85. The van der Waals surface area contributed by atoms with Crippen molar-refractivity contribution in [2.24, 2.45) is 11.7 Å². The Morgan fingerprint density at radius 1 is 1.06 bits per heavy atom. The molecule has 5 atom stereocenters. The van der Waals surface area contributed by atoms with Gasteiger partial charge in [-0.05, 0) is 37.7 Å². The number of carboxylic acids is 1. The van der Waals surface area contributed by atoms with Gasteiger partial charge in [0.25, 0.3) is 0 Å². The third kappa shape index (κ3) is 7.00. The molecule has 0 spiro atoms. The summed E-state index contributed by atoms with van der Waals surface area (Å²) in [4.78, 5) is 51.2. The Hall–Kier alpha value is -2.98. The number of aliphatic hydroxyl groups excluding tert-OH is 1. The summed E-state index contributed by atoms with van der Waals surface area (Å²) in [6, 6.07) is 5.02. The molecule has 1 heterocycles. The number of nitrogens with two attached hydrogens (primary N) is 1. The van der Waals surface area contributed by atoms with Crippen molar-refractivity contribution in [1.29, 1.82) is 0 Å². The molecule has 0 saturated carbocycles. The third-order valence-electron chi connectivity index (χ3n) is 5.75. The number of carboxylic acid groups (broad SMARTS) is 1. The molecule has 1 aliphatic heterocycles. The van der Waals surface area contributed by atoms with E-state index in [0.29, 0.717) is 19.3 Å². The van der Waals surface area contributed by atoms with Gasteiger partial charge >= 0.3 is 5.97 Å². The maximum Gasteiger partial charge on any atom is 0.326 e. The minimum atomic E-state index is -1.34. The number of aliphatic carboxylic acids is 1. The molecule has 10 nitrogen and oxygen atoms in total. The van der Waals surface area contributed by atoms with Gasteiger partial charge in [-0.1, -0.05) is 44.2 Å². The van der Waals surface area contributed by atoms with Crippen LogP contribution in [0.25, 0.3) is 0 Å². The Kier molecular flexibility index (Phi) is 9.36. The van der Waals surface area contributed by atoms with Crippen LogP contribution in [0.15, 0.2) is 30.3 Å². The van der Waals surface area contributed by atoms with E-state index in [0.717, 1.165) is 5.56 Å². The Morgan fingerprint density at radius 3 is 2.21 bits per heavy atom. The fourth-order valence-corrected chi connectivity index (χ4v) is 3.85. The Morgan fingerprint density at radius 2 is 1.67 bits per heavy atom. The maximum absolute atomic E-state index is 13.0. The molecule has 0 aromatic heterocycles. The first-order valence-electron chi connectivity index (χ1n) is 11.1. The van der Waals surface area contributed by atoms with Crippen molar-refractivity contribution in [2.75, 3.05) is 6.54 Å². The number of rotatable bonds is 10. The van der Waals surface area contributed by atoms with Crippen LogP contribution in [0.2, 0.25) is 0 Å². The second kappa shape index (κ2) is 11.8. The van der Waals surface area contributed by atoms with Crippen molar-refractivity contribution in [3.05, 3.63) is 35.9 Å². The van der Waals surface area contributed by atoms with E-state index in [2.05, 4.69) is 10.6 Å². The molecule has 1 aliphatic rings. The van der Waals surface area contributed by atoms with Gasteiger partial charge in [-0.3, -0.25) is 14.4 Å². The predicted octanol–water partition coefficient (Wildman–Crippen LogP) is -0.362. The van der Waals surface area contributed by atoms with E-state index in [-0.39, 0.29) is 12.5 Å². The summed E-state index contributed by atoms with van der Waals surface area (Å²) in [5, 5.41) is 24.6. The van der Waals surface area contributed by atoms with Gasteiger partial charge in [-0.2, -0.15) is 0 Å². The zero-order valence-electron chi connectivity index (χ0n) is 19.2. The lowest BCUT2D eigenvalue weighted by Gasteiger charge is -2.31. The fraction of sp³-hybridized carbons (Fsp3) is 0.565. The quantitative estimate of drug-likeness (QED) is 0.317. The third-order valence-corrected chi connectivity index (χ3v) is 5.75. The van der Waals surface area contributed by atoms with Crippen LogP contribution in [-0.4, -0.2) is 75.6 Å². The zero-order valence-corrected chi connectivity index (χ0v) is 19.2. The lowest BCUT2D eigenvalue weighted by atomic mass is 10.0. The highest BCUT2D eigenvalue weighted by atomic mass is 16.4.